The Kier molecular flexibility index (Phi) is 4.20. The lowest BCUT2D eigenvalue weighted by Crippen LogP contribution is -2.18. The van der Waals surface area contributed by atoms with E-state index < -0.39 is 6.09 Å². The van der Waals surface area contributed by atoms with Gasteiger partial charge < -0.3 is 4.74 Å². The van der Waals surface area contributed by atoms with E-state index in [9.17, 15) is 4.79 Å². The second-order valence-corrected chi connectivity index (χ2v) is 6.56. The van der Waals surface area contributed by atoms with Crippen molar-refractivity contribution in [3.63, 3.8) is 0 Å². The average molecular weight is 324 g/mol. The van der Waals surface area contributed by atoms with Crippen LogP contribution in [0.2, 0.25) is 0 Å². The zero-order valence-corrected chi connectivity index (χ0v) is 14.0. The molecule has 0 aliphatic heterocycles. The standard InChI is InChI=1S/C18H20N4O2/c1-18(2,3)15-10-9-14-16(19-12-20-22(14)15)21-17(23)24-11-13-7-5-4-6-8-13/h4-10,12H,11H2,1-3H3,(H,19,20,21,23). The highest BCUT2D eigenvalue weighted by atomic mass is 16.5. The first-order chi connectivity index (χ1) is 11.4. The maximum atomic E-state index is 12.0. The van der Waals surface area contributed by atoms with Crippen LogP contribution in [-0.4, -0.2) is 20.7 Å². The van der Waals surface area contributed by atoms with Crippen molar-refractivity contribution >= 4 is 17.4 Å². The van der Waals surface area contributed by atoms with E-state index in [1.165, 1.54) is 6.33 Å². The molecular weight excluding hydrogens is 304 g/mol. The van der Waals surface area contributed by atoms with Crippen molar-refractivity contribution in [2.75, 3.05) is 5.32 Å². The van der Waals surface area contributed by atoms with Crippen molar-refractivity contribution < 1.29 is 9.53 Å². The highest BCUT2D eigenvalue weighted by Gasteiger charge is 2.20. The number of carbonyl (C=O) groups excluding carboxylic acids is 1. The summed E-state index contributed by atoms with van der Waals surface area (Å²) >= 11 is 0. The van der Waals surface area contributed by atoms with Crippen molar-refractivity contribution in [3.8, 4) is 0 Å². The molecule has 2 aromatic heterocycles. The van der Waals surface area contributed by atoms with E-state index in [1.807, 2.05) is 42.5 Å². The number of anilines is 1. The molecule has 0 aliphatic rings. The van der Waals surface area contributed by atoms with E-state index in [0.29, 0.717) is 5.82 Å². The van der Waals surface area contributed by atoms with Crippen LogP contribution in [0.25, 0.3) is 5.52 Å². The van der Waals surface area contributed by atoms with E-state index in [-0.39, 0.29) is 12.0 Å². The molecule has 0 spiro atoms. The number of nitrogens with one attached hydrogen (secondary N) is 1. The number of hydrogen-bond donors (Lipinski definition) is 1. The summed E-state index contributed by atoms with van der Waals surface area (Å²) in [6.07, 6.45) is 0.882. The largest absolute Gasteiger partial charge is 0.444 e. The zero-order valence-electron chi connectivity index (χ0n) is 14.0. The first-order valence-electron chi connectivity index (χ1n) is 7.76. The Morgan fingerprint density at radius 1 is 1.17 bits per heavy atom. The first kappa shape index (κ1) is 16.0. The van der Waals surface area contributed by atoms with Gasteiger partial charge in [0.15, 0.2) is 5.82 Å². The molecule has 2 heterocycles. The monoisotopic (exact) mass is 324 g/mol. The molecule has 0 saturated carbocycles. The maximum absolute atomic E-state index is 12.0. The van der Waals surface area contributed by atoms with Crippen LogP contribution in [0.4, 0.5) is 10.6 Å². The number of nitrogens with zero attached hydrogens (tertiary/aromatic N) is 3. The Hall–Kier alpha value is -2.89. The smallest absolute Gasteiger partial charge is 0.413 e. The molecule has 24 heavy (non-hydrogen) atoms. The lowest BCUT2D eigenvalue weighted by Gasteiger charge is -2.17. The zero-order chi connectivity index (χ0) is 17.2. The molecule has 3 aromatic rings. The molecule has 0 aliphatic carbocycles. The minimum absolute atomic E-state index is 0.0636. The Labute approximate surface area is 140 Å². The predicted molar refractivity (Wildman–Crippen MR) is 91.9 cm³/mol. The van der Waals surface area contributed by atoms with Gasteiger partial charge in [-0.15, -0.1) is 0 Å². The number of aromatic nitrogens is 3. The van der Waals surface area contributed by atoms with Crippen LogP contribution >= 0.6 is 0 Å². The molecule has 1 aromatic carbocycles. The molecule has 3 rings (SSSR count). The minimum Gasteiger partial charge on any atom is -0.444 e. The van der Waals surface area contributed by atoms with Gasteiger partial charge in [-0.25, -0.2) is 14.3 Å². The number of carbonyl (C=O) groups is 1. The van der Waals surface area contributed by atoms with Gasteiger partial charge in [0.05, 0.1) is 0 Å². The third-order valence-electron chi connectivity index (χ3n) is 3.65. The van der Waals surface area contributed by atoms with Gasteiger partial charge >= 0.3 is 6.09 Å². The molecule has 6 heteroatoms. The Morgan fingerprint density at radius 3 is 2.62 bits per heavy atom. The predicted octanol–water partition coefficient (Wildman–Crippen LogP) is 3.78. The van der Waals surface area contributed by atoms with Crippen LogP contribution in [0.1, 0.15) is 32.0 Å². The van der Waals surface area contributed by atoms with E-state index in [4.69, 9.17) is 4.74 Å². The SMILES string of the molecule is CC(C)(C)c1ccc2c(NC(=O)OCc3ccccc3)ncnn12. The number of hydrogen-bond acceptors (Lipinski definition) is 4. The van der Waals surface area contributed by atoms with Gasteiger partial charge in [0.1, 0.15) is 18.5 Å². The second kappa shape index (κ2) is 6.31. The van der Waals surface area contributed by atoms with Gasteiger partial charge in [0, 0.05) is 11.1 Å². The van der Waals surface area contributed by atoms with Crippen LogP contribution in [0.15, 0.2) is 48.8 Å². The number of benzene rings is 1. The number of fused-ring (bicyclic) bond motifs is 1. The van der Waals surface area contributed by atoms with Gasteiger partial charge in [0.2, 0.25) is 0 Å². The van der Waals surface area contributed by atoms with Crippen LogP contribution in [-0.2, 0) is 16.8 Å². The van der Waals surface area contributed by atoms with Gasteiger partial charge in [-0.3, -0.25) is 5.32 Å². The van der Waals surface area contributed by atoms with Gasteiger partial charge in [-0.1, -0.05) is 51.1 Å². The van der Waals surface area contributed by atoms with E-state index in [0.717, 1.165) is 16.8 Å². The second-order valence-electron chi connectivity index (χ2n) is 6.56. The summed E-state index contributed by atoms with van der Waals surface area (Å²) in [5.41, 5.74) is 2.64. The number of ether oxygens (including phenoxy) is 1. The number of amides is 1. The van der Waals surface area contributed by atoms with E-state index in [1.54, 1.807) is 4.52 Å². The summed E-state index contributed by atoms with van der Waals surface area (Å²) in [4.78, 5) is 16.2. The fourth-order valence-electron chi connectivity index (χ4n) is 2.45. The molecule has 0 fully saturated rings. The summed E-state index contributed by atoms with van der Waals surface area (Å²) in [5.74, 6) is 0.429. The quantitative estimate of drug-likeness (QED) is 0.796. The van der Waals surface area contributed by atoms with Crippen molar-refractivity contribution in [3.05, 3.63) is 60.0 Å². The van der Waals surface area contributed by atoms with Crippen LogP contribution < -0.4 is 5.32 Å². The Balaban J connectivity index is 1.75. The fraction of sp³-hybridized carbons (Fsp3) is 0.278. The topological polar surface area (TPSA) is 68.5 Å². The summed E-state index contributed by atoms with van der Waals surface area (Å²) in [6.45, 7) is 6.54. The van der Waals surface area contributed by atoms with Crippen molar-refractivity contribution in [1.82, 2.24) is 14.6 Å². The van der Waals surface area contributed by atoms with Crippen molar-refractivity contribution in [2.45, 2.75) is 32.8 Å². The Bertz CT molecular complexity index is 850. The number of rotatable bonds is 3. The fourth-order valence-corrected chi connectivity index (χ4v) is 2.45. The van der Waals surface area contributed by atoms with E-state index >= 15 is 0 Å². The summed E-state index contributed by atoms with van der Waals surface area (Å²) < 4.78 is 7.03. The molecule has 1 N–H and O–H groups in total. The molecule has 0 radical (unpaired) electrons. The highest BCUT2D eigenvalue weighted by Crippen LogP contribution is 2.26. The molecule has 0 saturated heterocycles. The van der Waals surface area contributed by atoms with Gasteiger partial charge in [-0.05, 0) is 17.7 Å². The molecule has 1 amide bonds. The highest BCUT2D eigenvalue weighted by molar-refractivity contribution is 5.88. The maximum Gasteiger partial charge on any atom is 0.413 e. The molecular formula is C18H20N4O2. The average Bonchev–Trinajstić information content (AvgIpc) is 2.99. The van der Waals surface area contributed by atoms with Crippen molar-refractivity contribution in [2.24, 2.45) is 0 Å². The summed E-state index contributed by atoms with van der Waals surface area (Å²) in [5, 5.41) is 6.97. The lowest BCUT2D eigenvalue weighted by atomic mass is 9.93. The van der Waals surface area contributed by atoms with Gasteiger partial charge in [0.25, 0.3) is 0 Å². The lowest BCUT2D eigenvalue weighted by molar-refractivity contribution is 0.155. The minimum atomic E-state index is -0.544. The third kappa shape index (κ3) is 3.37. The van der Waals surface area contributed by atoms with Crippen LogP contribution in [0.5, 0.6) is 0 Å². The molecule has 6 nitrogen and oxygen atoms in total. The Morgan fingerprint density at radius 2 is 1.92 bits per heavy atom. The van der Waals surface area contributed by atoms with Crippen molar-refractivity contribution in [1.29, 1.82) is 0 Å². The summed E-state index contributed by atoms with van der Waals surface area (Å²) in [7, 11) is 0. The van der Waals surface area contributed by atoms with Crippen LogP contribution in [0, 0.1) is 0 Å². The van der Waals surface area contributed by atoms with E-state index in [2.05, 4.69) is 36.2 Å². The molecule has 0 atom stereocenters. The van der Waals surface area contributed by atoms with Gasteiger partial charge in [-0.2, -0.15) is 5.10 Å². The molecule has 0 unspecified atom stereocenters. The van der Waals surface area contributed by atoms with Crippen LogP contribution in [0.3, 0.4) is 0 Å². The third-order valence-corrected chi connectivity index (χ3v) is 3.65. The first-order valence-corrected chi connectivity index (χ1v) is 7.76. The normalized spacial score (nSPS) is 11.5. The summed E-state index contributed by atoms with van der Waals surface area (Å²) in [6, 6.07) is 13.4. The molecule has 124 valence electrons. The molecule has 0 bridgehead atoms.